The Morgan fingerprint density at radius 2 is 1.61 bits per heavy atom. The van der Waals surface area contributed by atoms with E-state index in [-0.39, 0.29) is 5.91 Å². The van der Waals surface area contributed by atoms with Crippen LogP contribution < -0.4 is 5.32 Å². The molecule has 3 aromatic carbocycles. The van der Waals surface area contributed by atoms with Gasteiger partial charge >= 0.3 is 0 Å². The Balaban J connectivity index is 1.47. The zero-order chi connectivity index (χ0) is 26.6. The van der Waals surface area contributed by atoms with Gasteiger partial charge in [0.2, 0.25) is 5.91 Å². The van der Waals surface area contributed by atoms with Crippen LogP contribution in [0.4, 0.5) is 0 Å². The topological polar surface area (TPSA) is 59.8 Å². The molecular weight excluding hydrogens is 468 g/mol. The number of aryl methyl sites for hydroxylation is 3. The Bertz CT molecular complexity index is 1580. The largest absolute Gasteiger partial charge is 0.352 e. The monoisotopic (exact) mass is 502 g/mol. The molecule has 0 bridgehead atoms. The van der Waals surface area contributed by atoms with E-state index < -0.39 is 0 Å². The number of amides is 1. The first-order valence-electron chi connectivity index (χ1n) is 13.2. The van der Waals surface area contributed by atoms with Crippen molar-refractivity contribution in [1.82, 2.24) is 19.9 Å². The number of benzene rings is 3. The predicted octanol–water partition coefficient (Wildman–Crippen LogP) is 6.55. The second kappa shape index (κ2) is 11.0. The molecule has 0 fully saturated rings. The molecule has 0 saturated carbocycles. The Morgan fingerprint density at radius 1 is 0.868 bits per heavy atom. The average Bonchev–Trinajstić information content (AvgIpc) is 3.26. The van der Waals surface area contributed by atoms with Crippen LogP contribution in [0, 0.1) is 13.8 Å². The third kappa shape index (κ3) is 5.52. The Morgan fingerprint density at radius 3 is 2.32 bits per heavy atom. The molecule has 0 atom stereocenters. The summed E-state index contributed by atoms with van der Waals surface area (Å²) in [4.78, 5) is 21.3. The minimum atomic E-state index is -0.0296. The van der Waals surface area contributed by atoms with Crippen LogP contribution in [0.3, 0.4) is 0 Å². The number of carbonyl (C=O) groups is 1. The van der Waals surface area contributed by atoms with Gasteiger partial charge in [-0.05, 0) is 65.3 Å². The van der Waals surface area contributed by atoms with Crippen molar-refractivity contribution in [3.8, 4) is 11.1 Å². The summed E-state index contributed by atoms with van der Waals surface area (Å²) in [6.45, 7) is 9.07. The van der Waals surface area contributed by atoms with Crippen LogP contribution in [0.25, 0.3) is 22.3 Å². The molecule has 5 nitrogen and oxygen atoms in total. The fourth-order valence-corrected chi connectivity index (χ4v) is 5.06. The Labute approximate surface area is 224 Å². The maximum atomic E-state index is 11.6. The van der Waals surface area contributed by atoms with Gasteiger partial charge < -0.3 is 9.88 Å². The minimum Gasteiger partial charge on any atom is -0.352 e. The van der Waals surface area contributed by atoms with Gasteiger partial charge in [0.1, 0.15) is 11.3 Å². The molecule has 0 aliphatic carbocycles. The smallest absolute Gasteiger partial charge is 0.217 e. The van der Waals surface area contributed by atoms with Crippen LogP contribution in [0.1, 0.15) is 53.2 Å². The lowest BCUT2D eigenvalue weighted by molar-refractivity contribution is -0.119. The molecule has 192 valence electrons. The van der Waals surface area contributed by atoms with Gasteiger partial charge in [-0.1, -0.05) is 79.7 Å². The lowest BCUT2D eigenvalue weighted by Crippen LogP contribution is -2.19. The zero-order valence-electron chi connectivity index (χ0n) is 22.6. The van der Waals surface area contributed by atoms with Crippen LogP contribution >= 0.6 is 0 Å². The molecule has 5 heteroatoms. The molecule has 0 aliphatic rings. The Kier molecular flexibility index (Phi) is 7.36. The molecule has 1 amide bonds. The number of hydrogen-bond donors (Lipinski definition) is 1. The second-order valence-corrected chi connectivity index (χ2v) is 9.98. The SMILES string of the molecule is CCc1nc2c(C)cc(C)nc2n1Cc1ccc(-c2cc(Cc3ccccc3)ccc2CNC(C)=O)cc1. The van der Waals surface area contributed by atoms with E-state index in [0.717, 1.165) is 58.8 Å². The summed E-state index contributed by atoms with van der Waals surface area (Å²) in [6.07, 6.45) is 1.72. The van der Waals surface area contributed by atoms with Crippen molar-refractivity contribution in [1.29, 1.82) is 0 Å². The third-order valence-corrected chi connectivity index (χ3v) is 6.98. The number of pyridine rings is 1. The van der Waals surface area contributed by atoms with E-state index in [9.17, 15) is 4.79 Å². The first-order chi connectivity index (χ1) is 18.4. The predicted molar refractivity (Wildman–Crippen MR) is 154 cm³/mol. The maximum absolute atomic E-state index is 11.6. The normalized spacial score (nSPS) is 11.2. The van der Waals surface area contributed by atoms with Crippen molar-refractivity contribution in [3.05, 3.63) is 118 Å². The van der Waals surface area contributed by atoms with Crippen LogP contribution in [-0.4, -0.2) is 20.4 Å². The number of imidazole rings is 1. The molecular formula is C33H34N4O. The number of hydrogen-bond acceptors (Lipinski definition) is 3. The first kappa shape index (κ1) is 25.4. The van der Waals surface area contributed by atoms with Crippen LogP contribution in [0.5, 0.6) is 0 Å². The van der Waals surface area contributed by atoms with Crippen molar-refractivity contribution in [2.75, 3.05) is 0 Å². The summed E-state index contributed by atoms with van der Waals surface area (Å²) in [5.74, 6) is 1.02. The fourth-order valence-electron chi connectivity index (χ4n) is 5.06. The molecule has 0 aliphatic heterocycles. The molecule has 2 aromatic heterocycles. The maximum Gasteiger partial charge on any atom is 0.217 e. The van der Waals surface area contributed by atoms with Gasteiger partial charge in [0.25, 0.3) is 0 Å². The molecule has 2 heterocycles. The molecule has 38 heavy (non-hydrogen) atoms. The highest BCUT2D eigenvalue weighted by Gasteiger charge is 2.14. The average molecular weight is 503 g/mol. The molecule has 0 unspecified atom stereocenters. The van der Waals surface area contributed by atoms with Gasteiger partial charge in [-0.2, -0.15) is 0 Å². The third-order valence-electron chi connectivity index (χ3n) is 6.98. The van der Waals surface area contributed by atoms with E-state index in [4.69, 9.17) is 9.97 Å². The van der Waals surface area contributed by atoms with Gasteiger partial charge in [-0.15, -0.1) is 0 Å². The molecule has 1 N–H and O–H groups in total. The summed E-state index contributed by atoms with van der Waals surface area (Å²) >= 11 is 0. The van der Waals surface area contributed by atoms with Gasteiger partial charge in [-0.25, -0.2) is 9.97 Å². The van der Waals surface area contributed by atoms with Crippen LogP contribution in [0.15, 0.2) is 78.9 Å². The summed E-state index contributed by atoms with van der Waals surface area (Å²) in [5.41, 5.74) is 11.2. The molecule has 0 spiro atoms. The van der Waals surface area contributed by atoms with Crippen LogP contribution in [0.2, 0.25) is 0 Å². The van der Waals surface area contributed by atoms with Gasteiger partial charge in [0.15, 0.2) is 5.65 Å². The van der Waals surface area contributed by atoms with E-state index in [2.05, 4.69) is 96.5 Å². The van der Waals surface area contributed by atoms with E-state index in [1.807, 2.05) is 13.0 Å². The molecule has 5 rings (SSSR count). The van der Waals surface area contributed by atoms with Crippen LogP contribution in [-0.2, 0) is 30.7 Å². The van der Waals surface area contributed by atoms with E-state index in [1.165, 1.54) is 22.3 Å². The van der Waals surface area contributed by atoms with Gasteiger partial charge in [0, 0.05) is 25.6 Å². The Hall–Kier alpha value is -4.25. The van der Waals surface area contributed by atoms with Crippen molar-refractivity contribution in [2.45, 2.75) is 53.6 Å². The number of nitrogens with zero attached hydrogens (tertiary/aromatic N) is 3. The molecule has 0 saturated heterocycles. The lowest BCUT2D eigenvalue weighted by Gasteiger charge is -2.14. The fraction of sp³-hybridized carbons (Fsp3) is 0.242. The summed E-state index contributed by atoms with van der Waals surface area (Å²) in [7, 11) is 0. The number of rotatable bonds is 8. The highest BCUT2D eigenvalue weighted by atomic mass is 16.1. The number of aromatic nitrogens is 3. The van der Waals surface area contributed by atoms with E-state index in [0.29, 0.717) is 6.54 Å². The summed E-state index contributed by atoms with van der Waals surface area (Å²) in [6, 6.07) is 27.9. The number of carbonyl (C=O) groups excluding carboxylic acids is 1. The van der Waals surface area contributed by atoms with Gasteiger partial charge in [-0.3, -0.25) is 4.79 Å². The quantitative estimate of drug-likeness (QED) is 0.262. The van der Waals surface area contributed by atoms with Crippen molar-refractivity contribution >= 4 is 17.1 Å². The van der Waals surface area contributed by atoms with Crippen molar-refractivity contribution in [3.63, 3.8) is 0 Å². The summed E-state index contributed by atoms with van der Waals surface area (Å²) < 4.78 is 2.24. The highest BCUT2D eigenvalue weighted by molar-refractivity contribution is 5.76. The molecule has 0 radical (unpaired) electrons. The highest BCUT2D eigenvalue weighted by Crippen LogP contribution is 2.28. The number of fused-ring (bicyclic) bond motifs is 1. The van der Waals surface area contributed by atoms with Crippen molar-refractivity contribution in [2.24, 2.45) is 0 Å². The number of nitrogens with one attached hydrogen (secondary N) is 1. The van der Waals surface area contributed by atoms with E-state index >= 15 is 0 Å². The zero-order valence-corrected chi connectivity index (χ0v) is 22.6. The first-order valence-corrected chi connectivity index (χ1v) is 13.2. The summed E-state index contributed by atoms with van der Waals surface area (Å²) in [5, 5.41) is 2.96. The van der Waals surface area contributed by atoms with Crippen molar-refractivity contribution < 1.29 is 4.79 Å². The second-order valence-electron chi connectivity index (χ2n) is 9.98. The lowest BCUT2D eigenvalue weighted by atomic mass is 9.94. The minimum absolute atomic E-state index is 0.0296. The van der Waals surface area contributed by atoms with Gasteiger partial charge in [0.05, 0.1) is 6.54 Å². The molecule has 5 aromatic rings. The van der Waals surface area contributed by atoms with E-state index in [1.54, 1.807) is 6.92 Å². The standard InChI is InChI=1S/C33H34N4O/c1-5-31-36-32-22(2)17-23(3)35-33(32)37(31)21-26-11-14-28(15-12-26)30-19-27(18-25-9-7-6-8-10-25)13-16-29(30)20-34-24(4)38/h6-17,19H,5,18,20-21H2,1-4H3,(H,34,38).